The van der Waals surface area contributed by atoms with Crippen molar-refractivity contribution in [3.63, 3.8) is 0 Å². The molecule has 29 heavy (non-hydrogen) atoms. The molecule has 2 amide bonds. The minimum Gasteiger partial charge on any atom is -0.492 e. The predicted octanol–water partition coefficient (Wildman–Crippen LogP) is 2.14. The number of aromatic amines is 1. The van der Waals surface area contributed by atoms with Gasteiger partial charge in [0.2, 0.25) is 5.91 Å². The third kappa shape index (κ3) is 4.67. The van der Waals surface area contributed by atoms with Gasteiger partial charge in [0.15, 0.2) is 0 Å². The summed E-state index contributed by atoms with van der Waals surface area (Å²) in [5.41, 5.74) is 1.66. The second-order valence-electron chi connectivity index (χ2n) is 7.77. The normalized spacial score (nSPS) is 23.9. The number of amides is 2. The molecule has 0 radical (unpaired) electrons. The summed E-state index contributed by atoms with van der Waals surface area (Å²) in [6, 6.07) is 5.54. The molecule has 9 nitrogen and oxygen atoms in total. The van der Waals surface area contributed by atoms with Crippen LogP contribution in [0, 0.1) is 11.8 Å². The van der Waals surface area contributed by atoms with Crippen LogP contribution in [0.4, 0.5) is 4.79 Å². The van der Waals surface area contributed by atoms with Crippen molar-refractivity contribution in [2.45, 2.75) is 31.7 Å². The minimum absolute atomic E-state index is 0.0641. The van der Waals surface area contributed by atoms with Crippen molar-refractivity contribution in [2.75, 3.05) is 19.7 Å². The fraction of sp³-hybridized carbons (Fsp3) is 0.500. The Morgan fingerprint density at radius 3 is 2.86 bits per heavy atom. The van der Waals surface area contributed by atoms with Crippen LogP contribution in [0.15, 0.2) is 30.6 Å². The number of nitrogens with one attached hydrogen (secondary N) is 2. The number of piperidine rings is 1. The van der Waals surface area contributed by atoms with Crippen molar-refractivity contribution >= 4 is 12.0 Å². The van der Waals surface area contributed by atoms with Crippen LogP contribution in [-0.2, 0) is 4.79 Å². The van der Waals surface area contributed by atoms with E-state index in [-0.39, 0.29) is 23.8 Å². The van der Waals surface area contributed by atoms with Crippen LogP contribution in [-0.4, -0.2) is 62.9 Å². The van der Waals surface area contributed by atoms with Gasteiger partial charge in [0.25, 0.3) is 0 Å². The third-order valence-corrected chi connectivity index (χ3v) is 5.64. The highest BCUT2D eigenvalue weighted by molar-refractivity contribution is 5.80. The summed E-state index contributed by atoms with van der Waals surface area (Å²) >= 11 is 0. The van der Waals surface area contributed by atoms with E-state index < -0.39 is 6.09 Å². The van der Waals surface area contributed by atoms with Crippen molar-refractivity contribution in [1.82, 2.24) is 25.4 Å². The zero-order chi connectivity index (χ0) is 20.2. The van der Waals surface area contributed by atoms with Gasteiger partial charge in [-0.15, -0.1) is 0 Å². The topological polar surface area (TPSA) is 120 Å². The first kappa shape index (κ1) is 19.2. The summed E-state index contributed by atoms with van der Waals surface area (Å²) in [6.45, 7) is 2.00. The van der Waals surface area contributed by atoms with Gasteiger partial charge in [-0.25, -0.2) is 4.79 Å². The first-order chi connectivity index (χ1) is 14.1. The van der Waals surface area contributed by atoms with Gasteiger partial charge in [0, 0.05) is 37.2 Å². The molecule has 0 spiro atoms. The van der Waals surface area contributed by atoms with Crippen LogP contribution in [0.2, 0.25) is 0 Å². The molecule has 1 saturated carbocycles. The van der Waals surface area contributed by atoms with Crippen molar-refractivity contribution < 1.29 is 19.4 Å². The lowest BCUT2D eigenvalue weighted by atomic mass is 9.79. The molecule has 0 bridgehead atoms. The SMILES string of the molecule is O=C(O)N[C@H]1C[C@H](C(=O)N2CCC[C@@H](COc3ccc(-c4ccn[nH]4)nc3)C2)C1. The van der Waals surface area contributed by atoms with Crippen LogP contribution in [0.25, 0.3) is 11.4 Å². The van der Waals surface area contributed by atoms with E-state index in [0.717, 1.165) is 30.8 Å². The van der Waals surface area contributed by atoms with Gasteiger partial charge in [-0.1, -0.05) is 0 Å². The van der Waals surface area contributed by atoms with E-state index in [1.54, 1.807) is 12.4 Å². The fourth-order valence-electron chi connectivity index (χ4n) is 4.01. The van der Waals surface area contributed by atoms with Crippen LogP contribution in [0.1, 0.15) is 25.7 Å². The number of carbonyl (C=O) groups excluding carboxylic acids is 1. The molecule has 1 aliphatic heterocycles. The Bertz CT molecular complexity index is 833. The second-order valence-corrected chi connectivity index (χ2v) is 7.77. The average molecular weight is 399 g/mol. The number of aromatic nitrogens is 3. The second kappa shape index (κ2) is 8.50. The first-order valence-corrected chi connectivity index (χ1v) is 9.95. The number of carbonyl (C=O) groups is 2. The van der Waals surface area contributed by atoms with E-state index in [0.29, 0.717) is 31.7 Å². The number of pyridine rings is 1. The average Bonchev–Trinajstić information content (AvgIpc) is 3.24. The fourth-order valence-corrected chi connectivity index (χ4v) is 4.01. The minimum atomic E-state index is -1.02. The van der Waals surface area contributed by atoms with E-state index in [1.165, 1.54) is 0 Å². The van der Waals surface area contributed by atoms with Crippen LogP contribution in [0.3, 0.4) is 0 Å². The highest BCUT2D eigenvalue weighted by atomic mass is 16.5. The molecule has 3 heterocycles. The maximum atomic E-state index is 12.7. The Hall–Kier alpha value is -3.10. The van der Waals surface area contributed by atoms with Crippen molar-refractivity contribution in [3.8, 4) is 17.1 Å². The summed E-state index contributed by atoms with van der Waals surface area (Å²) in [5, 5.41) is 18.0. The highest BCUT2D eigenvalue weighted by Crippen LogP contribution is 2.31. The highest BCUT2D eigenvalue weighted by Gasteiger charge is 2.38. The lowest BCUT2D eigenvalue weighted by Gasteiger charge is -2.40. The largest absolute Gasteiger partial charge is 0.492 e. The Morgan fingerprint density at radius 1 is 1.31 bits per heavy atom. The molecule has 154 valence electrons. The van der Waals surface area contributed by atoms with Gasteiger partial charge < -0.3 is 20.1 Å². The molecule has 0 aromatic carbocycles. The molecule has 3 N–H and O–H groups in total. The van der Waals surface area contributed by atoms with E-state index >= 15 is 0 Å². The quantitative estimate of drug-likeness (QED) is 0.684. The van der Waals surface area contributed by atoms with Gasteiger partial charge in [0.1, 0.15) is 5.75 Å². The molecule has 2 aliphatic rings. The van der Waals surface area contributed by atoms with Crippen LogP contribution >= 0.6 is 0 Å². The smallest absolute Gasteiger partial charge is 0.404 e. The van der Waals surface area contributed by atoms with E-state index in [4.69, 9.17) is 9.84 Å². The van der Waals surface area contributed by atoms with E-state index in [9.17, 15) is 9.59 Å². The Morgan fingerprint density at radius 2 is 2.17 bits per heavy atom. The van der Waals surface area contributed by atoms with Gasteiger partial charge in [0.05, 0.1) is 24.2 Å². The number of nitrogens with zero attached hydrogens (tertiary/aromatic N) is 3. The number of hydrogen-bond donors (Lipinski definition) is 3. The van der Waals surface area contributed by atoms with E-state index in [2.05, 4.69) is 20.5 Å². The maximum Gasteiger partial charge on any atom is 0.404 e. The lowest BCUT2D eigenvalue weighted by Crippen LogP contribution is -2.52. The van der Waals surface area contributed by atoms with Gasteiger partial charge in [-0.05, 0) is 43.9 Å². The van der Waals surface area contributed by atoms with Gasteiger partial charge >= 0.3 is 6.09 Å². The van der Waals surface area contributed by atoms with Crippen LogP contribution < -0.4 is 10.1 Å². The standard InChI is InChI=1S/C20H25N5O4/c26-19(14-8-15(9-14)23-20(27)28)25-7-1-2-13(11-25)12-29-16-3-4-17(21-10-16)18-5-6-22-24-18/h3-6,10,13-15,23H,1-2,7-9,11-12H2,(H,22,24)(H,27,28)/t13-,14-,15-/m1/s1. The Kier molecular flexibility index (Phi) is 5.64. The summed E-state index contributed by atoms with van der Waals surface area (Å²) in [6.07, 6.45) is 5.53. The molecule has 4 rings (SSSR count). The molecule has 1 aliphatic carbocycles. The van der Waals surface area contributed by atoms with E-state index in [1.807, 2.05) is 23.1 Å². The number of carboxylic acid groups (broad SMARTS) is 1. The summed E-state index contributed by atoms with van der Waals surface area (Å²) in [7, 11) is 0. The number of hydrogen-bond acceptors (Lipinski definition) is 5. The molecule has 1 atom stereocenters. The zero-order valence-corrected chi connectivity index (χ0v) is 16.1. The van der Waals surface area contributed by atoms with Crippen molar-refractivity contribution in [3.05, 3.63) is 30.6 Å². The van der Waals surface area contributed by atoms with Crippen LogP contribution in [0.5, 0.6) is 5.75 Å². The molecule has 9 heteroatoms. The first-order valence-electron chi connectivity index (χ1n) is 9.95. The molecule has 2 fully saturated rings. The molecule has 0 unspecified atom stereocenters. The molecule has 1 saturated heterocycles. The molecule has 2 aromatic rings. The lowest BCUT2D eigenvalue weighted by molar-refractivity contribution is -0.141. The Balaban J connectivity index is 1.24. The summed E-state index contributed by atoms with van der Waals surface area (Å²) in [5.74, 6) is 1.07. The third-order valence-electron chi connectivity index (χ3n) is 5.64. The zero-order valence-electron chi connectivity index (χ0n) is 16.1. The number of likely N-dealkylation sites (tertiary alicyclic amines) is 1. The molecular formula is C20H25N5O4. The Labute approximate surface area is 168 Å². The monoisotopic (exact) mass is 399 g/mol. The molecular weight excluding hydrogens is 374 g/mol. The maximum absolute atomic E-state index is 12.7. The summed E-state index contributed by atoms with van der Waals surface area (Å²) < 4.78 is 5.91. The summed E-state index contributed by atoms with van der Waals surface area (Å²) in [4.78, 5) is 29.6. The number of ether oxygens (including phenoxy) is 1. The van der Waals surface area contributed by atoms with Crippen molar-refractivity contribution in [1.29, 1.82) is 0 Å². The predicted molar refractivity (Wildman–Crippen MR) is 104 cm³/mol. The number of H-pyrrole nitrogens is 1. The number of rotatable bonds is 6. The molecule has 2 aromatic heterocycles. The van der Waals surface area contributed by atoms with Crippen molar-refractivity contribution in [2.24, 2.45) is 11.8 Å². The van der Waals surface area contributed by atoms with Gasteiger partial charge in [-0.3, -0.25) is 14.9 Å². The van der Waals surface area contributed by atoms with Gasteiger partial charge in [-0.2, -0.15) is 5.10 Å².